The molecule has 1 rings (SSSR count). The molecule has 0 spiro atoms. The van der Waals surface area contributed by atoms with Gasteiger partial charge in [0.25, 0.3) is 0 Å². The van der Waals surface area contributed by atoms with Crippen LogP contribution in [0.4, 0.5) is 13.2 Å². The second-order valence-corrected chi connectivity index (χ2v) is 5.39. The van der Waals surface area contributed by atoms with E-state index in [9.17, 15) is 13.2 Å². The van der Waals surface area contributed by atoms with Crippen LogP contribution in [-0.4, -0.2) is 42.5 Å². The molecule has 0 aromatic carbocycles. The highest BCUT2D eigenvalue weighted by Gasteiger charge is 2.38. The van der Waals surface area contributed by atoms with Crippen LogP contribution < -0.4 is 10.6 Å². The van der Waals surface area contributed by atoms with Gasteiger partial charge in [-0.3, -0.25) is 4.99 Å². The molecule has 0 radical (unpaired) electrons. The zero-order valence-corrected chi connectivity index (χ0v) is 14.7. The van der Waals surface area contributed by atoms with Crippen molar-refractivity contribution < 1.29 is 18.3 Å². The Morgan fingerprint density at radius 2 is 2.05 bits per heavy atom. The summed E-state index contributed by atoms with van der Waals surface area (Å²) in [5.74, 6) is 0.958. The van der Waals surface area contributed by atoms with E-state index in [0.29, 0.717) is 18.4 Å². The van der Waals surface area contributed by atoms with Gasteiger partial charge in [0.1, 0.15) is 0 Å². The number of aliphatic imine (C=N–C) groups is 1. The first-order valence-electron chi connectivity index (χ1n) is 7.12. The Labute approximate surface area is 141 Å². The fourth-order valence-corrected chi connectivity index (χ4v) is 2.36. The highest BCUT2D eigenvalue weighted by Crippen LogP contribution is 2.23. The highest BCUT2D eigenvalue weighted by atomic mass is 127. The molecule has 0 aromatic heterocycles. The Morgan fingerprint density at radius 1 is 1.38 bits per heavy atom. The molecular weight excluding hydrogens is 398 g/mol. The van der Waals surface area contributed by atoms with E-state index < -0.39 is 18.8 Å². The van der Waals surface area contributed by atoms with Crippen molar-refractivity contribution in [3.8, 4) is 0 Å². The Kier molecular flexibility index (Phi) is 9.59. The van der Waals surface area contributed by atoms with Gasteiger partial charge in [0.05, 0.1) is 6.54 Å². The van der Waals surface area contributed by atoms with Crippen LogP contribution in [0.25, 0.3) is 0 Å². The lowest BCUT2D eigenvalue weighted by molar-refractivity contribution is -0.199. The minimum atomic E-state index is -4.62. The summed E-state index contributed by atoms with van der Waals surface area (Å²) in [5, 5.41) is 15.0. The van der Waals surface area contributed by atoms with E-state index in [1.54, 1.807) is 0 Å². The van der Waals surface area contributed by atoms with Crippen LogP contribution in [0.2, 0.25) is 0 Å². The molecule has 1 aliphatic rings. The monoisotopic (exact) mass is 423 g/mol. The SMILES string of the molecule is CCNC(=NCC(O)C(F)(F)F)NC1CCCC(C)C1.I. The molecule has 126 valence electrons. The van der Waals surface area contributed by atoms with E-state index in [2.05, 4.69) is 22.5 Å². The molecule has 0 aliphatic heterocycles. The first-order chi connectivity index (χ1) is 9.32. The Morgan fingerprint density at radius 3 is 2.57 bits per heavy atom. The molecule has 8 heteroatoms. The standard InChI is InChI=1S/C13H24F3N3O.HI/c1-3-17-12(18-8-11(20)13(14,15)16)19-10-6-4-5-9(2)7-10;/h9-11,20H,3-8H2,1-2H3,(H2,17,18,19);1H. The zero-order chi connectivity index (χ0) is 15.2. The summed E-state index contributed by atoms with van der Waals surface area (Å²) in [6.45, 7) is 3.91. The van der Waals surface area contributed by atoms with Gasteiger partial charge in [-0.05, 0) is 25.7 Å². The van der Waals surface area contributed by atoms with Crippen molar-refractivity contribution in [2.45, 2.75) is 57.9 Å². The number of aliphatic hydroxyl groups is 1. The molecule has 3 unspecified atom stereocenters. The highest BCUT2D eigenvalue weighted by molar-refractivity contribution is 14.0. The maximum absolute atomic E-state index is 12.2. The molecule has 0 amide bonds. The van der Waals surface area contributed by atoms with E-state index in [1.807, 2.05) is 6.92 Å². The first kappa shape index (κ1) is 20.8. The number of halogens is 4. The van der Waals surface area contributed by atoms with Crippen LogP contribution in [0, 0.1) is 5.92 Å². The maximum atomic E-state index is 12.2. The second-order valence-electron chi connectivity index (χ2n) is 5.39. The summed E-state index contributed by atoms with van der Waals surface area (Å²) in [7, 11) is 0. The quantitative estimate of drug-likeness (QED) is 0.370. The number of hydrogen-bond donors (Lipinski definition) is 3. The largest absolute Gasteiger partial charge is 0.416 e. The van der Waals surface area contributed by atoms with Gasteiger partial charge in [-0.25, -0.2) is 0 Å². The normalized spacial score (nSPS) is 25.0. The fourth-order valence-electron chi connectivity index (χ4n) is 2.36. The van der Waals surface area contributed by atoms with Crippen LogP contribution in [-0.2, 0) is 0 Å². The Balaban J connectivity index is 0.00000400. The van der Waals surface area contributed by atoms with Crippen LogP contribution in [0.3, 0.4) is 0 Å². The minimum absolute atomic E-state index is 0. The predicted octanol–water partition coefficient (Wildman–Crippen LogP) is 2.66. The number of hydrogen-bond acceptors (Lipinski definition) is 2. The number of nitrogens with one attached hydrogen (secondary N) is 2. The Hall–Kier alpha value is -0.250. The topological polar surface area (TPSA) is 56.7 Å². The van der Waals surface area contributed by atoms with Crippen molar-refractivity contribution in [2.24, 2.45) is 10.9 Å². The van der Waals surface area contributed by atoms with Crippen molar-refractivity contribution >= 4 is 29.9 Å². The van der Waals surface area contributed by atoms with Gasteiger partial charge in [0.2, 0.25) is 0 Å². The summed E-state index contributed by atoms with van der Waals surface area (Å²) in [6, 6.07) is 0.236. The third kappa shape index (κ3) is 8.08. The van der Waals surface area contributed by atoms with Crippen LogP contribution in [0.1, 0.15) is 39.5 Å². The molecule has 0 aromatic rings. The van der Waals surface area contributed by atoms with Gasteiger partial charge in [-0.1, -0.05) is 19.8 Å². The number of alkyl halides is 3. The van der Waals surface area contributed by atoms with Gasteiger partial charge in [0, 0.05) is 12.6 Å². The average molecular weight is 423 g/mol. The summed E-state index contributed by atoms with van der Waals surface area (Å²) >= 11 is 0. The van der Waals surface area contributed by atoms with E-state index in [4.69, 9.17) is 5.11 Å². The molecule has 1 fully saturated rings. The van der Waals surface area contributed by atoms with Gasteiger partial charge in [-0.15, -0.1) is 24.0 Å². The lowest BCUT2D eigenvalue weighted by atomic mass is 9.87. The zero-order valence-electron chi connectivity index (χ0n) is 12.4. The minimum Gasteiger partial charge on any atom is -0.382 e. The molecule has 3 N–H and O–H groups in total. The maximum Gasteiger partial charge on any atom is 0.416 e. The Bertz CT molecular complexity index is 326. The molecule has 3 atom stereocenters. The average Bonchev–Trinajstić information content (AvgIpc) is 2.34. The van der Waals surface area contributed by atoms with E-state index in [-0.39, 0.29) is 30.0 Å². The van der Waals surface area contributed by atoms with Crippen LogP contribution >= 0.6 is 24.0 Å². The van der Waals surface area contributed by atoms with Gasteiger partial charge in [0.15, 0.2) is 12.1 Å². The smallest absolute Gasteiger partial charge is 0.382 e. The van der Waals surface area contributed by atoms with Crippen molar-refractivity contribution in [2.75, 3.05) is 13.1 Å². The lowest BCUT2D eigenvalue weighted by Gasteiger charge is -2.29. The summed E-state index contributed by atoms with van der Waals surface area (Å²) in [4.78, 5) is 3.82. The summed E-state index contributed by atoms with van der Waals surface area (Å²) in [6.07, 6.45) is -2.74. The van der Waals surface area contributed by atoms with Crippen molar-refractivity contribution in [3.63, 3.8) is 0 Å². The summed E-state index contributed by atoms with van der Waals surface area (Å²) < 4.78 is 36.7. The van der Waals surface area contributed by atoms with Crippen molar-refractivity contribution in [1.29, 1.82) is 0 Å². The van der Waals surface area contributed by atoms with Crippen molar-refractivity contribution in [1.82, 2.24) is 10.6 Å². The number of nitrogens with zero attached hydrogens (tertiary/aromatic N) is 1. The molecule has 0 bridgehead atoms. The van der Waals surface area contributed by atoms with Gasteiger partial charge < -0.3 is 15.7 Å². The molecule has 21 heavy (non-hydrogen) atoms. The third-order valence-electron chi connectivity index (χ3n) is 3.42. The van der Waals surface area contributed by atoms with Crippen LogP contribution in [0.5, 0.6) is 0 Å². The van der Waals surface area contributed by atoms with E-state index in [1.165, 1.54) is 6.42 Å². The number of aliphatic hydroxyl groups excluding tert-OH is 1. The van der Waals surface area contributed by atoms with Crippen LogP contribution in [0.15, 0.2) is 4.99 Å². The van der Waals surface area contributed by atoms with Gasteiger partial charge in [-0.2, -0.15) is 13.2 Å². The predicted molar refractivity (Wildman–Crippen MR) is 88.0 cm³/mol. The van der Waals surface area contributed by atoms with E-state index in [0.717, 1.165) is 19.3 Å². The fraction of sp³-hybridized carbons (Fsp3) is 0.923. The molecular formula is C13H25F3IN3O. The third-order valence-corrected chi connectivity index (χ3v) is 3.42. The number of rotatable bonds is 4. The van der Waals surface area contributed by atoms with Crippen molar-refractivity contribution in [3.05, 3.63) is 0 Å². The molecule has 1 aliphatic carbocycles. The van der Waals surface area contributed by atoms with Gasteiger partial charge >= 0.3 is 6.18 Å². The molecule has 0 heterocycles. The molecule has 4 nitrogen and oxygen atoms in total. The molecule has 0 saturated heterocycles. The number of guanidine groups is 1. The second kappa shape index (κ2) is 9.70. The lowest BCUT2D eigenvalue weighted by Crippen LogP contribution is -2.45. The van der Waals surface area contributed by atoms with E-state index >= 15 is 0 Å². The molecule has 1 saturated carbocycles. The first-order valence-corrected chi connectivity index (χ1v) is 7.12. The summed E-state index contributed by atoms with van der Waals surface area (Å²) in [5.41, 5.74) is 0.